The molecule has 0 aromatic heterocycles. The van der Waals surface area contributed by atoms with Crippen molar-refractivity contribution in [3.05, 3.63) is 60.1 Å². The highest BCUT2D eigenvalue weighted by atomic mass is 16.1. The second kappa shape index (κ2) is 5.97. The average Bonchev–Trinajstić information content (AvgIpc) is 2.47. The topological polar surface area (TPSA) is 57.1 Å². The maximum Gasteiger partial charge on any atom is 0.177 e. The molecule has 0 amide bonds. The minimum atomic E-state index is -0.0226. The first-order valence-corrected chi connectivity index (χ1v) is 6.21. The van der Waals surface area contributed by atoms with Crippen LogP contribution in [0.2, 0.25) is 0 Å². The molecule has 2 aliphatic heterocycles. The largest absolute Gasteiger partial charge is 0.356 e. The first-order valence-electron chi connectivity index (χ1n) is 6.21. The Morgan fingerprint density at radius 3 is 3.00 bits per heavy atom. The van der Waals surface area contributed by atoms with Crippen molar-refractivity contribution >= 4 is 18.2 Å². The molecule has 2 aliphatic rings. The number of Topliss-reactive ketones (excluding diaryl/α,β-unsaturated/α-hetero) is 1. The molecule has 0 saturated carbocycles. The van der Waals surface area contributed by atoms with Crippen LogP contribution in [0, 0.1) is 0 Å². The molecule has 0 aromatic carbocycles. The zero-order valence-corrected chi connectivity index (χ0v) is 11.5. The highest BCUT2D eigenvalue weighted by Gasteiger charge is 2.25. The van der Waals surface area contributed by atoms with Crippen LogP contribution >= 0.6 is 0 Å². The molecule has 102 valence electrons. The third-order valence-electron chi connectivity index (χ3n) is 2.84. The minimum Gasteiger partial charge on any atom is -0.356 e. The van der Waals surface area contributed by atoms with Gasteiger partial charge in [-0.05, 0) is 6.92 Å². The molecular weight excluding hydrogens is 252 g/mol. The zero-order valence-electron chi connectivity index (χ0n) is 11.5. The number of allylic oxidation sites excluding steroid dienone is 4. The van der Waals surface area contributed by atoms with Gasteiger partial charge in [0.2, 0.25) is 0 Å². The fourth-order valence-electron chi connectivity index (χ4n) is 1.93. The van der Waals surface area contributed by atoms with E-state index in [-0.39, 0.29) is 5.78 Å². The van der Waals surface area contributed by atoms with Crippen molar-refractivity contribution in [2.75, 3.05) is 0 Å². The van der Waals surface area contributed by atoms with Crippen molar-refractivity contribution in [3.63, 3.8) is 0 Å². The number of fused-ring (bicyclic) bond motifs is 1. The monoisotopic (exact) mass is 268 g/mol. The summed E-state index contributed by atoms with van der Waals surface area (Å²) < 4.78 is 0. The quantitative estimate of drug-likeness (QED) is 0.796. The van der Waals surface area contributed by atoms with Crippen molar-refractivity contribution in [1.29, 1.82) is 0 Å². The Balaban J connectivity index is 2.46. The number of rotatable bonds is 4. The van der Waals surface area contributed by atoms with Crippen LogP contribution in [0.25, 0.3) is 0 Å². The number of hydrogen-bond acceptors (Lipinski definition) is 5. The molecule has 0 aromatic rings. The van der Waals surface area contributed by atoms with Crippen molar-refractivity contribution in [3.8, 4) is 0 Å². The molecule has 0 unspecified atom stereocenters. The minimum absolute atomic E-state index is 0.0226. The summed E-state index contributed by atoms with van der Waals surface area (Å²) in [5.74, 6) is -0.0226. The maximum absolute atomic E-state index is 11.7. The molecule has 2 heterocycles. The molecule has 5 nitrogen and oxygen atoms in total. The van der Waals surface area contributed by atoms with Gasteiger partial charge in [-0.15, -0.1) is 0 Å². The number of ketones is 1. The summed E-state index contributed by atoms with van der Waals surface area (Å²) in [6.07, 6.45) is 11.9. The zero-order chi connectivity index (χ0) is 14.5. The van der Waals surface area contributed by atoms with Gasteiger partial charge in [0.25, 0.3) is 0 Å². The van der Waals surface area contributed by atoms with Gasteiger partial charge >= 0.3 is 0 Å². The number of hydrogen-bond donors (Lipinski definition) is 1. The predicted molar refractivity (Wildman–Crippen MR) is 80.8 cm³/mol. The summed E-state index contributed by atoms with van der Waals surface area (Å²) >= 11 is 0. The second-order valence-electron chi connectivity index (χ2n) is 4.12. The van der Waals surface area contributed by atoms with E-state index in [1.54, 1.807) is 42.0 Å². The standard InChI is InChI=1S/C15H16N4O/c1-4-6-17-12(5-2)15-14-9-16-7-8-19(14)13(10-18-15)11(3)20/h4-10,18H,1H2,2-3H3/b12-5-,17-6?. The summed E-state index contributed by atoms with van der Waals surface area (Å²) in [5.41, 5.74) is 2.90. The van der Waals surface area contributed by atoms with Gasteiger partial charge in [0.05, 0.1) is 23.3 Å². The van der Waals surface area contributed by atoms with Crippen LogP contribution < -0.4 is 5.32 Å². The van der Waals surface area contributed by atoms with Gasteiger partial charge in [-0.25, -0.2) is 0 Å². The van der Waals surface area contributed by atoms with Crippen molar-refractivity contribution in [2.45, 2.75) is 13.8 Å². The van der Waals surface area contributed by atoms with Gasteiger partial charge in [-0.1, -0.05) is 18.7 Å². The lowest BCUT2D eigenvalue weighted by atomic mass is 10.1. The van der Waals surface area contributed by atoms with E-state index in [1.165, 1.54) is 6.92 Å². The van der Waals surface area contributed by atoms with Gasteiger partial charge in [0.15, 0.2) is 5.78 Å². The molecule has 0 bridgehead atoms. The summed E-state index contributed by atoms with van der Waals surface area (Å²) in [6.45, 7) is 7.04. The molecule has 0 spiro atoms. The van der Waals surface area contributed by atoms with E-state index in [0.29, 0.717) is 5.70 Å². The van der Waals surface area contributed by atoms with Crippen LogP contribution in [0.5, 0.6) is 0 Å². The van der Waals surface area contributed by atoms with Gasteiger partial charge in [-0.2, -0.15) is 0 Å². The van der Waals surface area contributed by atoms with E-state index >= 15 is 0 Å². The smallest absolute Gasteiger partial charge is 0.177 e. The van der Waals surface area contributed by atoms with Crippen LogP contribution in [0.4, 0.5) is 0 Å². The molecule has 5 heteroatoms. The summed E-state index contributed by atoms with van der Waals surface area (Å²) in [7, 11) is 0. The van der Waals surface area contributed by atoms with Crippen molar-refractivity contribution in [1.82, 2.24) is 10.2 Å². The lowest BCUT2D eigenvalue weighted by Gasteiger charge is -2.30. The molecule has 0 saturated heterocycles. The fourth-order valence-corrected chi connectivity index (χ4v) is 1.93. The normalized spacial score (nSPS) is 18.0. The fraction of sp³-hybridized carbons (Fsp3) is 0.133. The third-order valence-corrected chi connectivity index (χ3v) is 2.84. The van der Waals surface area contributed by atoms with Crippen LogP contribution in [-0.4, -0.2) is 23.1 Å². The Labute approximate surface area is 118 Å². The number of nitrogens with one attached hydrogen (secondary N) is 1. The lowest BCUT2D eigenvalue weighted by molar-refractivity contribution is -0.114. The van der Waals surface area contributed by atoms with Gasteiger partial charge < -0.3 is 10.2 Å². The lowest BCUT2D eigenvalue weighted by Crippen LogP contribution is -2.32. The van der Waals surface area contributed by atoms with Crippen molar-refractivity contribution in [2.24, 2.45) is 9.98 Å². The Morgan fingerprint density at radius 1 is 1.55 bits per heavy atom. The van der Waals surface area contributed by atoms with Gasteiger partial charge in [0, 0.05) is 31.7 Å². The summed E-state index contributed by atoms with van der Waals surface area (Å²) in [6, 6.07) is 0. The summed E-state index contributed by atoms with van der Waals surface area (Å²) in [4.78, 5) is 21.9. The van der Waals surface area contributed by atoms with E-state index in [1.807, 2.05) is 13.0 Å². The van der Waals surface area contributed by atoms with E-state index in [9.17, 15) is 4.79 Å². The number of carbonyl (C=O) groups excluding carboxylic acids is 1. The Morgan fingerprint density at radius 2 is 2.35 bits per heavy atom. The highest BCUT2D eigenvalue weighted by Crippen LogP contribution is 2.26. The first kappa shape index (κ1) is 13.7. The van der Waals surface area contributed by atoms with Crippen molar-refractivity contribution < 1.29 is 4.79 Å². The van der Waals surface area contributed by atoms with Crippen LogP contribution in [0.3, 0.4) is 0 Å². The predicted octanol–water partition coefficient (Wildman–Crippen LogP) is 2.25. The molecule has 20 heavy (non-hydrogen) atoms. The van der Waals surface area contributed by atoms with E-state index in [2.05, 4.69) is 21.9 Å². The van der Waals surface area contributed by atoms with E-state index in [0.717, 1.165) is 17.1 Å². The third kappa shape index (κ3) is 2.51. The Hall–Kier alpha value is -2.69. The molecule has 1 N–H and O–H groups in total. The van der Waals surface area contributed by atoms with Crippen LogP contribution in [-0.2, 0) is 4.79 Å². The molecule has 0 atom stereocenters. The SMILES string of the molecule is C=CC=N/C(=C\C)C1=C2C=NC=CN2C(C(C)=O)=CN1. The van der Waals surface area contributed by atoms with Gasteiger partial charge in [0.1, 0.15) is 5.70 Å². The Kier molecular flexibility index (Phi) is 4.10. The number of aliphatic imine (C=N–C) groups is 2. The molecule has 0 fully saturated rings. The van der Waals surface area contributed by atoms with Crippen LogP contribution in [0.1, 0.15) is 13.8 Å². The summed E-state index contributed by atoms with van der Waals surface area (Å²) in [5, 5.41) is 3.12. The molecular formula is C15H16N4O. The van der Waals surface area contributed by atoms with E-state index in [4.69, 9.17) is 0 Å². The molecule has 0 aliphatic carbocycles. The maximum atomic E-state index is 11.7. The number of carbonyl (C=O) groups is 1. The average molecular weight is 268 g/mol. The molecule has 0 radical (unpaired) electrons. The molecule has 2 rings (SSSR count). The first-order chi connectivity index (χ1) is 9.69. The highest BCUT2D eigenvalue weighted by molar-refractivity contribution is 5.96. The van der Waals surface area contributed by atoms with Crippen LogP contribution in [0.15, 0.2) is 70.1 Å². The number of nitrogens with zero attached hydrogens (tertiary/aromatic N) is 3. The Bertz CT molecular complexity index is 618. The second-order valence-corrected chi connectivity index (χ2v) is 4.12. The van der Waals surface area contributed by atoms with Gasteiger partial charge in [-0.3, -0.25) is 14.8 Å². The van der Waals surface area contributed by atoms with E-state index < -0.39 is 0 Å².